The highest BCUT2D eigenvalue weighted by Gasteiger charge is 2.42. The Bertz CT molecular complexity index is 1020. The molecule has 8 nitrogen and oxygen atoms in total. The molecule has 0 bridgehead atoms. The second-order valence-corrected chi connectivity index (χ2v) is 9.74. The number of likely N-dealkylation sites (tertiary alicyclic amines) is 1. The number of benzene rings is 1. The SMILES string of the molecule is CCCn1cc(Cl)c(C(=O)N2CCCC(COc3ccc(F)cc3)(CC(=O)N3CCOCC3)C2)n1. The summed E-state index contributed by atoms with van der Waals surface area (Å²) in [5.41, 5.74) is -0.356. The van der Waals surface area contributed by atoms with Gasteiger partial charge in [-0.15, -0.1) is 0 Å². The van der Waals surface area contributed by atoms with Crippen molar-refractivity contribution in [1.82, 2.24) is 19.6 Å². The van der Waals surface area contributed by atoms with Crippen LogP contribution in [0.4, 0.5) is 4.39 Å². The normalized spacial score (nSPS) is 20.7. The number of rotatable bonds is 8. The summed E-state index contributed by atoms with van der Waals surface area (Å²) in [5.74, 6) is -0.0390. The summed E-state index contributed by atoms with van der Waals surface area (Å²) in [6, 6.07) is 5.82. The van der Waals surface area contributed by atoms with Crippen molar-refractivity contribution in [2.24, 2.45) is 5.41 Å². The topological polar surface area (TPSA) is 76.9 Å². The smallest absolute Gasteiger partial charge is 0.275 e. The van der Waals surface area contributed by atoms with Gasteiger partial charge in [-0.1, -0.05) is 18.5 Å². The van der Waals surface area contributed by atoms with Crippen LogP contribution in [0.3, 0.4) is 0 Å². The van der Waals surface area contributed by atoms with E-state index >= 15 is 0 Å². The van der Waals surface area contributed by atoms with Crippen LogP contribution in [-0.4, -0.2) is 77.4 Å². The van der Waals surface area contributed by atoms with E-state index in [1.54, 1.807) is 27.9 Å². The van der Waals surface area contributed by atoms with E-state index in [0.29, 0.717) is 56.7 Å². The number of carbonyl (C=O) groups is 2. The molecule has 2 saturated heterocycles. The maximum Gasteiger partial charge on any atom is 0.275 e. The fourth-order valence-corrected chi connectivity index (χ4v) is 4.97. The Kier molecular flexibility index (Phi) is 8.28. The molecule has 1 aromatic heterocycles. The molecule has 0 N–H and O–H groups in total. The van der Waals surface area contributed by atoms with Crippen LogP contribution in [0.5, 0.6) is 5.75 Å². The Balaban J connectivity index is 1.53. The van der Waals surface area contributed by atoms with Gasteiger partial charge in [-0.25, -0.2) is 4.39 Å². The van der Waals surface area contributed by atoms with Crippen LogP contribution in [0.2, 0.25) is 5.02 Å². The Hall–Kier alpha value is -2.65. The third-order valence-corrected chi connectivity index (χ3v) is 6.85. The lowest BCUT2D eigenvalue weighted by Crippen LogP contribution is -2.52. The molecule has 10 heteroatoms. The zero-order chi connectivity index (χ0) is 24.8. The van der Waals surface area contributed by atoms with E-state index in [1.807, 2.05) is 11.8 Å². The molecule has 1 aromatic carbocycles. The first-order chi connectivity index (χ1) is 16.9. The van der Waals surface area contributed by atoms with Crippen molar-refractivity contribution in [2.75, 3.05) is 46.0 Å². The van der Waals surface area contributed by atoms with E-state index in [4.69, 9.17) is 21.1 Å². The van der Waals surface area contributed by atoms with Crippen LogP contribution < -0.4 is 4.74 Å². The maximum atomic E-state index is 13.4. The average Bonchev–Trinajstić information content (AvgIpc) is 3.24. The molecule has 2 amide bonds. The van der Waals surface area contributed by atoms with E-state index in [0.717, 1.165) is 19.3 Å². The standard InChI is InChI=1S/C25H32ClFN4O4/c1-2-9-31-16-21(26)23(28-31)24(33)30-10-3-8-25(17-30,15-22(32)29-11-13-34-14-12-29)18-35-20-6-4-19(27)5-7-20/h4-7,16H,2-3,8-15,17-18H2,1H3. The number of piperidine rings is 1. The average molecular weight is 507 g/mol. The van der Waals surface area contributed by atoms with Gasteiger partial charge in [0.25, 0.3) is 5.91 Å². The molecule has 3 heterocycles. The number of carbonyl (C=O) groups excluding carboxylic acids is 2. The Morgan fingerprint density at radius 1 is 1.17 bits per heavy atom. The first kappa shape index (κ1) is 25.4. The van der Waals surface area contributed by atoms with Gasteiger partial charge < -0.3 is 19.3 Å². The van der Waals surface area contributed by atoms with Gasteiger partial charge in [0.05, 0.1) is 24.8 Å². The van der Waals surface area contributed by atoms with Gasteiger partial charge >= 0.3 is 0 Å². The number of ether oxygens (including phenoxy) is 2. The quantitative estimate of drug-likeness (QED) is 0.546. The van der Waals surface area contributed by atoms with Crippen LogP contribution >= 0.6 is 11.6 Å². The second-order valence-electron chi connectivity index (χ2n) is 9.33. The van der Waals surface area contributed by atoms with Crippen molar-refractivity contribution in [3.8, 4) is 5.75 Å². The van der Waals surface area contributed by atoms with E-state index in [2.05, 4.69) is 5.10 Å². The minimum absolute atomic E-state index is 0.0237. The molecule has 0 aliphatic carbocycles. The highest BCUT2D eigenvalue weighted by atomic mass is 35.5. The highest BCUT2D eigenvalue weighted by Crippen LogP contribution is 2.36. The largest absolute Gasteiger partial charge is 0.493 e. The Morgan fingerprint density at radius 3 is 2.63 bits per heavy atom. The minimum atomic E-state index is -0.587. The van der Waals surface area contributed by atoms with E-state index in [1.165, 1.54) is 12.1 Å². The summed E-state index contributed by atoms with van der Waals surface area (Å²) in [7, 11) is 0. The highest BCUT2D eigenvalue weighted by molar-refractivity contribution is 6.33. The molecule has 1 unspecified atom stereocenters. The Labute approximate surface area is 209 Å². The lowest BCUT2D eigenvalue weighted by atomic mass is 9.77. The summed E-state index contributed by atoms with van der Waals surface area (Å²) in [6.45, 7) is 6.00. The van der Waals surface area contributed by atoms with Crippen LogP contribution in [0.25, 0.3) is 0 Å². The summed E-state index contributed by atoms with van der Waals surface area (Å²) >= 11 is 6.35. The van der Waals surface area contributed by atoms with Crippen molar-refractivity contribution < 1.29 is 23.5 Å². The number of amides is 2. The third kappa shape index (κ3) is 6.32. The van der Waals surface area contributed by atoms with Crippen molar-refractivity contribution in [3.05, 3.63) is 47.0 Å². The predicted molar refractivity (Wildman–Crippen MR) is 129 cm³/mol. The number of morpholine rings is 1. The van der Waals surface area contributed by atoms with Crippen LogP contribution in [0.15, 0.2) is 30.5 Å². The molecule has 35 heavy (non-hydrogen) atoms. The predicted octanol–water partition coefficient (Wildman–Crippen LogP) is 3.64. The minimum Gasteiger partial charge on any atom is -0.493 e. The lowest BCUT2D eigenvalue weighted by Gasteiger charge is -2.43. The zero-order valence-corrected chi connectivity index (χ0v) is 20.8. The molecule has 190 valence electrons. The fourth-order valence-electron chi connectivity index (χ4n) is 4.74. The van der Waals surface area contributed by atoms with Gasteiger partial charge in [-0.3, -0.25) is 14.3 Å². The number of hydrogen-bond acceptors (Lipinski definition) is 5. The molecule has 2 fully saturated rings. The first-order valence-electron chi connectivity index (χ1n) is 12.2. The molecular weight excluding hydrogens is 475 g/mol. The van der Waals surface area contributed by atoms with Crippen LogP contribution in [0, 0.1) is 11.2 Å². The number of aryl methyl sites for hydroxylation is 1. The molecule has 2 aromatic rings. The molecule has 0 saturated carbocycles. The summed E-state index contributed by atoms with van der Waals surface area (Å²) in [5, 5.41) is 4.72. The van der Waals surface area contributed by atoms with E-state index in [9.17, 15) is 14.0 Å². The van der Waals surface area contributed by atoms with Gasteiger partial charge in [0.15, 0.2) is 5.69 Å². The number of halogens is 2. The second kappa shape index (κ2) is 11.4. The van der Waals surface area contributed by atoms with E-state index in [-0.39, 0.29) is 36.4 Å². The molecule has 4 rings (SSSR count). The van der Waals surface area contributed by atoms with Gasteiger partial charge in [0.2, 0.25) is 5.91 Å². The summed E-state index contributed by atoms with van der Waals surface area (Å²) in [4.78, 5) is 30.2. The molecule has 0 spiro atoms. The number of nitrogens with zero attached hydrogens (tertiary/aromatic N) is 4. The van der Waals surface area contributed by atoms with Crippen molar-refractivity contribution in [3.63, 3.8) is 0 Å². The Morgan fingerprint density at radius 2 is 1.91 bits per heavy atom. The van der Waals surface area contributed by atoms with E-state index < -0.39 is 5.41 Å². The van der Waals surface area contributed by atoms with Gasteiger partial charge in [-0.05, 0) is 43.5 Å². The van der Waals surface area contributed by atoms with Crippen LogP contribution in [0.1, 0.15) is 43.1 Å². The van der Waals surface area contributed by atoms with Crippen LogP contribution in [-0.2, 0) is 16.1 Å². The maximum absolute atomic E-state index is 13.4. The van der Waals surface area contributed by atoms with Gasteiger partial charge in [-0.2, -0.15) is 5.10 Å². The number of aromatic nitrogens is 2. The van der Waals surface area contributed by atoms with Crippen molar-refractivity contribution >= 4 is 23.4 Å². The van der Waals surface area contributed by atoms with Crippen molar-refractivity contribution in [1.29, 1.82) is 0 Å². The fraction of sp³-hybridized carbons (Fsp3) is 0.560. The summed E-state index contributed by atoms with van der Waals surface area (Å²) in [6.07, 6.45) is 4.25. The number of hydrogen-bond donors (Lipinski definition) is 0. The lowest BCUT2D eigenvalue weighted by molar-refractivity contribution is -0.139. The molecule has 1 atom stereocenters. The molecular formula is C25H32ClFN4O4. The molecule has 2 aliphatic rings. The van der Waals surface area contributed by atoms with Gasteiger partial charge in [0.1, 0.15) is 11.6 Å². The first-order valence-corrected chi connectivity index (χ1v) is 12.5. The monoisotopic (exact) mass is 506 g/mol. The zero-order valence-electron chi connectivity index (χ0n) is 20.0. The van der Waals surface area contributed by atoms with Gasteiger partial charge in [0, 0.05) is 50.8 Å². The molecule has 0 radical (unpaired) electrons. The third-order valence-electron chi connectivity index (χ3n) is 6.57. The molecule has 2 aliphatic heterocycles. The van der Waals surface area contributed by atoms with Crippen molar-refractivity contribution in [2.45, 2.75) is 39.2 Å². The summed E-state index contributed by atoms with van der Waals surface area (Å²) < 4.78 is 26.5.